The smallest absolute Gasteiger partial charge is 0.306 e. The van der Waals surface area contributed by atoms with Crippen molar-refractivity contribution in [3.8, 4) is 0 Å². The molecule has 0 atom stereocenters. The molecule has 0 spiro atoms. The molecule has 140 valence electrons. The minimum atomic E-state index is -1.01. The standard InChI is InChI=1S/C13H11N7O7/c1-6-3-11(15-7(2)21)16-13(14-6)17-12-9(19(24)25)4-8(18(22)23)5-10(12)20(26)27/h3-5H,1-2H3,(H2,14,15,16,17,21). The second-order valence-corrected chi connectivity index (χ2v) is 5.15. The molecule has 14 nitrogen and oxygen atoms in total. The molecule has 1 aromatic carbocycles. The molecule has 0 saturated carbocycles. The zero-order valence-electron chi connectivity index (χ0n) is 13.8. The Morgan fingerprint density at radius 3 is 1.96 bits per heavy atom. The molecular weight excluding hydrogens is 366 g/mol. The van der Waals surface area contributed by atoms with Crippen LogP contribution in [0.25, 0.3) is 0 Å². The second kappa shape index (κ2) is 7.34. The Morgan fingerprint density at radius 2 is 1.52 bits per heavy atom. The highest BCUT2D eigenvalue weighted by atomic mass is 16.6. The fourth-order valence-corrected chi connectivity index (χ4v) is 2.10. The Balaban J connectivity index is 2.63. The number of carbonyl (C=O) groups excluding carboxylic acids is 1. The van der Waals surface area contributed by atoms with Crippen LogP contribution in [0.15, 0.2) is 18.2 Å². The quantitative estimate of drug-likeness (QED) is 0.556. The minimum Gasteiger partial charge on any atom is -0.313 e. The number of aromatic nitrogens is 2. The first-order valence-electron chi connectivity index (χ1n) is 7.10. The maximum atomic E-state index is 11.3. The molecule has 0 radical (unpaired) electrons. The summed E-state index contributed by atoms with van der Waals surface area (Å²) in [4.78, 5) is 49.4. The molecule has 1 aromatic heterocycles. The number of amides is 1. The van der Waals surface area contributed by atoms with Crippen molar-refractivity contribution in [1.29, 1.82) is 0 Å². The first-order chi connectivity index (χ1) is 12.6. The third kappa shape index (κ3) is 4.44. The Kier molecular flexibility index (Phi) is 5.19. The van der Waals surface area contributed by atoms with E-state index in [9.17, 15) is 35.1 Å². The summed E-state index contributed by atoms with van der Waals surface area (Å²) in [7, 11) is 0. The van der Waals surface area contributed by atoms with E-state index in [-0.39, 0.29) is 11.8 Å². The lowest BCUT2D eigenvalue weighted by atomic mass is 10.2. The van der Waals surface area contributed by atoms with Gasteiger partial charge in [0.05, 0.1) is 26.9 Å². The van der Waals surface area contributed by atoms with Crippen molar-refractivity contribution < 1.29 is 19.6 Å². The summed E-state index contributed by atoms with van der Waals surface area (Å²) in [6, 6.07) is 2.57. The maximum absolute atomic E-state index is 11.3. The van der Waals surface area contributed by atoms with Gasteiger partial charge in [0, 0.05) is 18.7 Å². The molecule has 1 amide bonds. The highest BCUT2D eigenvalue weighted by Crippen LogP contribution is 2.39. The summed E-state index contributed by atoms with van der Waals surface area (Å²) in [5.41, 5.74) is -2.90. The fraction of sp³-hybridized carbons (Fsp3) is 0.154. The van der Waals surface area contributed by atoms with Crippen LogP contribution < -0.4 is 10.6 Å². The van der Waals surface area contributed by atoms with Gasteiger partial charge in [-0.1, -0.05) is 0 Å². The first-order valence-corrected chi connectivity index (χ1v) is 7.10. The predicted molar refractivity (Wildman–Crippen MR) is 90.8 cm³/mol. The maximum Gasteiger partial charge on any atom is 0.306 e. The Hall–Kier alpha value is -4.23. The summed E-state index contributed by atoms with van der Waals surface area (Å²) in [5.74, 6) is -0.658. The van der Waals surface area contributed by atoms with Crippen molar-refractivity contribution >= 4 is 40.4 Å². The van der Waals surface area contributed by atoms with Crippen molar-refractivity contribution in [2.45, 2.75) is 13.8 Å². The number of nitro groups is 3. The van der Waals surface area contributed by atoms with Gasteiger partial charge in [-0.3, -0.25) is 35.1 Å². The van der Waals surface area contributed by atoms with E-state index in [1.165, 1.54) is 19.9 Å². The molecule has 14 heteroatoms. The second-order valence-electron chi connectivity index (χ2n) is 5.15. The van der Waals surface area contributed by atoms with E-state index in [0.29, 0.717) is 17.8 Å². The van der Waals surface area contributed by atoms with Crippen molar-refractivity contribution in [2.24, 2.45) is 0 Å². The van der Waals surface area contributed by atoms with Gasteiger partial charge >= 0.3 is 11.4 Å². The number of hydrogen-bond donors (Lipinski definition) is 2. The zero-order valence-corrected chi connectivity index (χ0v) is 13.8. The molecule has 0 aliphatic heterocycles. The van der Waals surface area contributed by atoms with E-state index >= 15 is 0 Å². The molecule has 0 fully saturated rings. The molecule has 2 N–H and O–H groups in total. The topological polar surface area (TPSA) is 196 Å². The van der Waals surface area contributed by atoms with Gasteiger partial charge in [-0.15, -0.1) is 0 Å². The molecule has 0 unspecified atom stereocenters. The molecule has 2 rings (SSSR count). The Morgan fingerprint density at radius 1 is 0.963 bits per heavy atom. The number of rotatable bonds is 6. The lowest BCUT2D eigenvalue weighted by molar-refractivity contribution is -0.401. The first kappa shape index (κ1) is 19.1. The molecule has 0 saturated heterocycles. The predicted octanol–water partition coefficient (Wildman–Crippen LogP) is 2.21. The van der Waals surface area contributed by atoms with Crippen molar-refractivity contribution in [1.82, 2.24) is 9.97 Å². The van der Waals surface area contributed by atoms with Crippen LogP contribution in [0, 0.1) is 37.3 Å². The molecule has 0 aliphatic rings. The number of carbonyl (C=O) groups is 1. The van der Waals surface area contributed by atoms with E-state index in [1.807, 2.05) is 0 Å². The average molecular weight is 377 g/mol. The monoisotopic (exact) mass is 377 g/mol. The van der Waals surface area contributed by atoms with E-state index in [4.69, 9.17) is 0 Å². The molecule has 2 aromatic rings. The molecule has 0 aliphatic carbocycles. The van der Waals surface area contributed by atoms with Crippen LogP contribution in [0.5, 0.6) is 0 Å². The lowest BCUT2D eigenvalue weighted by Crippen LogP contribution is -2.10. The number of hydrogen-bond acceptors (Lipinski definition) is 10. The Labute approximate surface area is 149 Å². The lowest BCUT2D eigenvalue weighted by Gasteiger charge is -2.09. The summed E-state index contributed by atoms with van der Waals surface area (Å²) >= 11 is 0. The largest absolute Gasteiger partial charge is 0.313 e. The molecular formula is C13H11N7O7. The van der Waals surface area contributed by atoms with Crippen molar-refractivity contribution in [2.75, 3.05) is 10.6 Å². The molecule has 0 bridgehead atoms. The Bertz CT molecular complexity index is 940. The number of nitrogens with zero attached hydrogens (tertiary/aromatic N) is 5. The van der Waals surface area contributed by atoms with Gasteiger partial charge in [-0.25, -0.2) is 4.98 Å². The zero-order chi connectivity index (χ0) is 20.3. The van der Waals surface area contributed by atoms with Gasteiger partial charge in [0.1, 0.15) is 5.82 Å². The average Bonchev–Trinajstić information content (AvgIpc) is 2.52. The van der Waals surface area contributed by atoms with Gasteiger partial charge in [-0.2, -0.15) is 4.98 Å². The number of aryl methyl sites for hydroxylation is 1. The van der Waals surface area contributed by atoms with Gasteiger partial charge in [0.15, 0.2) is 5.69 Å². The van der Waals surface area contributed by atoms with Crippen LogP contribution in [-0.4, -0.2) is 30.6 Å². The number of nitrogens with one attached hydrogen (secondary N) is 2. The summed E-state index contributed by atoms with van der Waals surface area (Å²) in [5, 5.41) is 38.1. The third-order valence-electron chi connectivity index (χ3n) is 3.08. The van der Waals surface area contributed by atoms with E-state index in [1.54, 1.807) is 0 Å². The van der Waals surface area contributed by atoms with E-state index < -0.39 is 43.4 Å². The van der Waals surface area contributed by atoms with Crippen LogP contribution in [0.3, 0.4) is 0 Å². The molecule has 27 heavy (non-hydrogen) atoms. The minimum absolute atomic E-state index is 0.0599. The highest BCUT2D eigenvalue weighted by molar-refractivity contribution is 5.88. The molecule has 1 heterocycles. The third-order valence-corrected chi connectivity index (χ3v) is 3.08. The van der Waals surface area contributed by atoms with Crippen LogP contribution in [0.4, 0.5) is 34.5 Å². The number of non-ortho nitro benzene ring substituents is 1. The SMILES string of the molecule is CC(=O)Nc1cc(C)nc(Nc2c([N+](=O)[O-])cc([N+](=O)[O-])cc2[N+](=O)[O-])n1. The number of benzene rings is 1. The van der Waals surface area contributed by atoms with Crippen molar-refractivity contribution in [3.05, 3.63) is 54.2 Å². The summed E-state index contributed by atoms with van der Waals surface area (Å²) < 4.78 is 0. The van der Waals surface area contributed by atoms with E-state index in [2.05, 4.69) is 20.6 Å². The van der Waals surface area contributed by atoms with Crippen molar-refractivity contribution in [3.63, 3.8) is 0 Å². The van der Waals surface area contributed by atoms with Crippen LogP contribution in [0.2, 0.25) is 0 Å². The number of nitro benzene ring substituents is 3. The van der Waals surface area contributed by atoms with Crippen LogP contribution in [0.1, 0.15) is 12.6 Å². The summed E-state index contributed by atoms with van der Waals surface area (Å²) in [6.07, 6.45) is 0. The van der Waals surface area contributed by atoms with Gasteiger partial charge in [0.2, 0.25) is 11.9 Å². The highest BCUT2D eigenvalue weighted by Gasteiger charge is 2.31. The normalized spacial score (nSPS) is 10.1. The number of anilines is 3. The van der Waals surface area contributed by atoms with Crippen LogP contribution in [-0.2, 0) is 4.79 Å². The van der Waals surface area contributed by atoms with Gasteiger partial charge in [-0.05, 0) is 6.92 Å². The van der Waals surface area contributed by atoms with Gasteiger partial charge in [0.25, 0.3) is 5.69 Å². The van der Waals surface area contributed by atoms with E-state index in [0.717, 1.165) is 0 Å². The van der Waals surface area contributed by atoms with Crippen LogP contribution >= 0.6 is 0 Å². The summed E-state index contributed by atoms with van der Waals surface area (Å²) in [6.45, 7) is 2.77. The fourth-order valence-electron chi connectivity index (χ4n) is 2.10. The van der Waals surface area contributed by atoms with Gasteiger partial charge < -0.3 is 10.6 Å².